The summed E-state index contributed by atoms with van der Waals surface area (Å²) < 4.78 is 53.4. The molecule has 1 fully saturated rings. The highest BCUT2D eigenvalue weighted by Crippen LogP contribution is 2.23. The number of halogens is 1. The Morgan fingerprint density at radius 3 is 2.23 bits per heavy atom. The molecule has 0 bridgehead atoms. The Labute approximate surface area is 137 Å². The lowest BCUT2D eigenvalue weighted by molar-refractivity contribution is 0.562. The molecule has 7 nitrogen and oxygen atoms in total. The van der Waals surface area contributed by atoms with Gasteiger partial charge < -0.3 is 5.73 Å². The van der Waals surface area contributed by atoms with Crippen molar-refractivity contribution in [1.29, 1.82) is 0 Å². The van der Waals surface area contributed by atoms with Crippen LogP contribution in [-0.4, -0.2) is 35.5 Å². The average molecular weight is 370 g/mol. The van der Waals surface area contributed by atoms with E-state index in [0.29, 0.717) is 0 Å². The highest BCUT2D eigenvalue weighted by atomic mass is 35.5. The fraction of sp³-hybridized carbons (Fsp3) is 0.500. The SMILES string of the molecule is C[C@@H](CN)NS(=O)(=O)c1cccc(S(=O)(=O)NC2CC2)c1.Cl. The zero-order valence-electron chi connectivity index (χ0n) is 12.0. The molecule has 22 heavy (non-hydrogen) atoms. The van der Waals surface area contributed by atoms with Crippen LogP contribution in [0.15, 0.2) is 34.1 Å². The Balaban J connectivity index is 0.00000242. The second-order valence-electron chi connectivity index (χ2n) is 5.13. The summed E-state index contributed by atoms with van der Waals surface area (Å²) in [7, 11) is -7.47. The van der Waals surface area contributed by atoms with Crippen molar-refractivity contribution in [1.82, 2.24) is 9.44 Å². The smallest absolute Gasteiger partial charge is 0.240 e. The maximum absolute atomic E-state index is 12.1. The maximum atomic E-state index is 12.1. The molecule has 0 amide bonds. The number of rotatable bonds is 7. The number of benzene rings is 1. The van der Waals surface area contributed by atoms with E-state index in [9.17, 15) is 16.8 Å². The van der Waals surface area contributed by atoms with Crippen LogP contribution in [0.3, 0.4) is 0 Å². The largest absolute Gasteiger partial charge is 0.329 e. The molecular weight excluding hydrogens is 350 g/mol. The second-order valence-corrected chi connectivity index (χ2v) is 8.56. The summed E-state index contributed by atoms with van der Waals surface area (Å²) in [6, 6.07) is 4.81. The van der Waals surface area contributed by atoms with Crippen molar-refractivity contribution in [3.05, 3.63) is 24.3 Å². The molecule has 0 saturated heterocycles. The van der Waals surface area contributed by atoms with E-state index in [1.807, 2.05) is 0 Å². The Kier molecular flexibility index (Phi) is 6.36. The van der Waals surface area contributed by atoms with E-state index in [0.717, 1.165) is 18.9 Å². The van der Waals surface area contributed by atoms with Gasteiger partial charge in [0.25, 0.3) is 0 Å². The topological polar surface area (TPSA) is 118 Å². The van der Waals surface area contributed by atoms with Crippen LogP contribution in [0, 0.1) is 0 Å². The molecule has 1 aliphatic rings. The maximum Gasteiger partial charge on any atom is 0.240 e. The van der Waals surface area contributed by atoms with Gasteiger partial charge in [-0.15, -0.1) is 12.4 Å². The summed E-state index contributed by atoms with van der Waals surface area (Å²) in [5.41, 5.74) is 5.39. The van der Waals surface area contributed by atoms with Crippen molar-refractivity contribution >= 4 is 32.5 Å². The minimum Gasteiger partial charge on any atom is -0.329 e. The van der Waals surface area contributed by atoms with E-state index in [1.165, 1.54) is 18.2 Å². The third-order valence-electron chi connectivity index (χ3n) is 3.04. The first-order valence-electron chi connectivity index (χ1n) is 6.59. The number of nitrogens with one attached hydrogen (secondary N) is 2. The van der Waals surface area contributed by atoms with Crippen molar-refractivity contribution in [2.75, 3.05) is 6.54 Å². The lowest BCUT2D eigenvalue weighted by atomic mass is 10.4. The molecule has 2 rings (SSSR count). The van der Waals surface area contributed by atoms with Gasteiger partial charge in [0.2, 0.25) is 20.0 Å². The first kappa shape index (κ1) is 19.3. The summed E-state index contributed by atoms with van der Waals surface area (Å²) in [5.74, 6) is 0. The number of hydrogen-bond donors (Lipinski definition) is 3. The molecule has 1 atom stereocenters. The van der Waals surface area contributed by atoms with Gasteiger partial charge in [-0.1, -0.05) is 6.07 Å². The van der Waals surface area contributed by atoms with Gasteiger partial charge in [0.15, 0.2) is 0 Å². The fourth-order valence-corrected chi connectivity index (χ4v) is 4.41. The van der Waals surface area contributed by atoms with Crippen molar-refractivity contribution < 1.29 is 16.8 Å². The molecule has 1 aliphatic carbocycles. The van der Waals surface area contributed by atoms with Gasteiger partial charge in [-0.05, 0) is 38.0 Å². The Morgan fingerprint density at radius 1 is 1.18 bits per heavy atom. The summed E-state index contributed by atoms with van der Waals surface area (Å²) in [4.78, 5) is -0.154. The fourth-order valence-electron chi connectivity index (χ4n) is 1.68. The highest BCUT2D eigenvalue weighted by molar-refractivity contribution is 7.90. The van der Waals surface area contributed by atoms with Gasteiger partial charge in [0.1, 0.15) is 0 Å². The van der Waals surface area contributed by atoms with Crippen LogP contribution in [0.4, 0.5) is 0 Å². The van der Waals surface area contributed by atoms with Crippen LogP contribution in [0.2, 0.25) is 0 Å². The molecule has 126 valence electrons. The molecule has 0 aliphatic heterocycles. The van der Waals surface area contributed by atoms with E-state index in [-0.39, 0.29) is 34.8 Å². The minimum atomic E-state index is -3.79. The normalized spacial score (nSPS) is 16.8. The van der Waals surface area contributed by atoms with Crippen LogP contribution < -0.4 is 15.2 Å². The van der Waals surface area contributed by atoms with E-state index < -0.39 is 26.1 Å². The van der Waals surface area contributed by atoms with E-state index in [4.69, 9.17) is 5.73 Å². The monoisotopic (exact) mass is 369 g/mol. The van der Waals surface area contributed by atoms with Gasteiger partial charge in [-0.3, -0.25) is 0 Å². The molecule has 1 saturated carbocycles. The molecule has 0 aromatic heterocycles. The zero-order chi connectivity index (χ0) is 15.7. The van der Waals surface area contributed by atoms with Crippen molar-refractivity contribution in [2.24, 2.45) is 5.73 Å². The molecule has 0 unspecified atom stereocenters. The molecular formula is C12H20ClN3O4S2. The average Bonchev–Trinajstić information content (AvgIpc) is 3.21. The molecule has 0 radical (unpaired) electrons. The highest BCUT2D eigenvalue weighted by Gasteiger charge is 2.28. The quantitative estimate of drug-likeness (QED) is 0.633. The van der Waals surface area contributed by atoms with Crippen molar-refractivity contribution in [3.63, 3.8) is 0 Å². The molecule has 0 spiro atoms. The summed E-state index contributed by atoms with van der Waals surface area (Å²) in [6.07, 6.45) is 1.62. The van der Waals surface area contributed by atoms with Crippen LogP contribution in [0.25, 0.3) is 0 Å². The van der Waals surface area contributed by atoms with Gasteiger partial charge in [0.05, 0.1) is 9.79 Å². The molecule has 4 N–H and O–H groups in total. The Bertz CT molecular complexity index is 718. The van der Waals surface area contributed by atoms with Crippen molar-refractivity contribution in [2.45, 2.75) is 41.6 Å². The molecule has 1 aromatic rings. The number of nitrogens with two attached hydrogens (primary N) is 1. The summed E-state index contributed by atoms with van der Waals surface area (Å²) in [5, 5.41) is 0. The molecule has 10 heteroatoms. The first-order chi connectivity index (χ1) is 9.74. The van der Waals surface area contributed by atoms with E-state index in [1.54, 1.807) is 6.92 Å². The second kappa shape index (κ2) is 7.24. The molecule has 1 aromatic carbocycles. The van der Waals surface area contributed by atoms with Crippen LogP contribution in [-0.2, 0) is 20.0 Å². The summed E-state index contributed by atoms with van der Waals surface area (Å²) in [6.45, 7) is 1.78. The molecule has 0 heterocycles. The predicted molar refractivity (Wildman–Crippen MR) is 85.9 cm³/mol. The lowest BCUT2D eigenvalue weighted by Crippen LogP contribution is -2.37. The third-order valence-corrected chi connectivity index (χ3v) is 6.14. The van der Waals surface area contributed by atoms with Gasteiger partial charge in [-0.25, -0.2) is 26.3 Å². The van der Waals surface area contributed by atoms with Gasteiger partial charge in [0, 0.05) is 18.6 Å². The van der Waals surface area contributed by atoms with E-state index in [2.05, 4.69) is 9.44 Å². The standard InChI is InChI=1S/C12H19N3O4S2.ClH/c1-9(8-13)14-20(16,17)11-3-2-4-12(7-11)21(18,19)15-10-5-6-10;/h2-4,7,9-10,14-15H,5-6,8,13H2,1H3;1H/t9-;/m0./s1. The zero-order valence-corrected chi connectivity index (χ0v) is 14.5. The Hall–Kier alpha value is -0.710. The van der Waals surface area contributed by atoms with Gasteiger partial charge >= 0.3 is 0 Å². The van der Waals surface area contributed by atoms with E-state index >= 15 is 0 Å². The van der Waals surface area contributed by atoms with Crippen LogP contribution in [0.1, 0.15) is 19.8 Å². The number of sulfonamides is 2. The van der Waals surface area contributed by atoms with Crippen LogP contribution >= 0.6 is 12.4 Å². The van der Waals surface area contributed by atoms with Gasteiger partial charge in [-0.2, -0.15) is 0 Å². The lowest BCUT2D eigenvalue weighted by Gasteiger charge is -2.13. The Morgan fingerprint density at radius 2 is 1.73 bits per heavy atom. The predicted octanol–water partition coefficient (Wildman–Crippen LogP) is 0.175. The third kappa shape index (κ3) is 4.90. The van der Waals surface area contributed by atoms with Crippen molar-refractivity contribution in [3.8, 4) is 0 Å². The number of hydrogen-bond acceptors (Lipinski definition) is 5. The first-order valence-corrected chi connectivity index (χ1v) is 9.56. The van der Waals surface area contributed by atoms with Crippen LogP contribution in [0.5, 0.6) is 0 Å². The minimum absolute atomic E-state index is 0. The summed E-state index contributed by atoms with van der Waals surface area (Å²) >= 11 is 0.